The van der Waals surface area contributed by atoms with Gasteiger partial charge >= 0.3 is 0 Å². The molecule has 0 radical (unpaired) electrons. The van der Waals surface area contributed by atoms with Crippen LogP contribution in [-0.4, -0.2) is 55.1 Å². The van der Waals surface area contributed by atoms with Crippen LogP contribution in [-0.2, 0) is 21.8 Å². The molecule has 164 valence electrons. The van der Waals surface area contributed by atoms with Crippen molar-refractivity contribution in [1.29, 1.82) is 0 Å². The van der Waals surface area contributed by atoms with Crippen LogP contribution in [0, 0.1) is 13.8 Å². The van der Waals surface area contributed by atoms with Crippen LogP contribution in [0.1, 0.15) is 21.1 Å². The number of nitrogens with zero attached hydrogens (tertiary/aromatic N) is 3. The van der Waals surface area contributed by atoms with E-state index in [9.17, 15) is 13.2 Å². The van der Waals surface area contributed by atoms with Gasteiger partial charge in [-0.05, 0) is 32.0 Å². The Kier molecular flexibility index (Phi) is 5.87. The molecule has 3 aromatic rings. The number of morpholine rings is 1. The Morgan fingerprint density at radius 1 is 1.16 bits per heavy atom. The van der Waals surface area contributed by atoms with E-state index in [1.54, 1.807) is 60.7 Å². The maximum atomic E-state index is 13.0. The number of ether oxygens (including phenoxy) is 1. The molecule has 1 fully saturated rings. The zero-order valence-electron chi connectivity index (χ0n) is 17.6. The number of anilines is 1. The van der Waals surface area contributed by atoms with E-state index in [-0.39, 0.29) is 10.8 Å². The van der Waals surface area contributed by atoms with Crippen LogP contribution in [0.15, 0.2) is 41.3 Å². The van der Waals surface area contributed by atoms with Crippen LogP contribution in [0.5, 0.6) is 0 Å². The molecule has 3 heterocycles. The first kappa shape index (κ1) is 21.5. The Labute approximate surface area is 185 Å². The lowest BCUT2D eigenvalue weighted by Crippen LogP contribution is -2.40. The number of benzene rings is 1. The second-order valence-corrected chi connectivity index (χ2v) is 10.00. The highest BCUT2D eigenvalue weighted by atomic mass is 32.2. The van der Waals surface area contributed by atoms with Crippen LogP contribution in [0.25, 0.3) is 10.7 Å². The van der Waals surface area contributed by atoms with Crippen molar-refractivity contribution in [2.24, 2.45) is 7.05 Å². The number of aromatic nitrogens is 2. The zero-order chi connectivity index (χ0) is 22.2. The molecule has 1 aromatic carbocycles. The fraction of sp³-hybridized carbons (Fsp3) is 0.333. The Hall–Kier alpha value is -2.69. The number of hydrogen-bond acceptors (Lipinski definition) is 6. The fourth-order valence-electron chi connectivity index (χ4n) is 3.48. The summed E-state index contributed by atoms with van der Waals surface area (Å²) >= 11 is 1.29. The van der Waals surface area contributed by atoms with Gasteiger partial charge in [0.2, 0.25) is 0 Å². The number of para-hydroxylation sites is 1. The van der Waals surface area contributed by atoms with E-state index in [1.807, 2.05) is 6.07 Å². The van der Waals surface area contributed by atoms with E-state index >= 15 is 0 Å². The number of amides is 1. The van der Waals surface area contributed by atoms with Gasteiger partial charge in [-0.15, -0.1) is 11.3 Å². The number of thiazole rings is 1. The summed E-state index contributed by atoms with van der Waals surface area (Å²) in [6.07, 6.45) is 0. The fourth-order valence-corrected chi connectivity index (χ4v) is 5.91. The van der Waals surface area contributed by atoms with Crippen molar-refractivity contribution in [2.45, 2.75) is 18.7 Å². The lowest BCUT2D eigenvalue weighted by Gasteiger charge is -2.26. The smallest absolute Gasteiger partial charge is 0.266 e. The van der Waals surface area contributed by atoms with Crippen LogP contribution in [0.4, 0.5) is 5.69 Å². The third kappa shape index (κ3) is 4.23. The average molecular weight is 461 g/mol. The second-order valence-electron chi connectivity index (χ2n) is 7.35. The quantitative estimate of drug-likeness (QED) is 0.632. The number of carbonyl (C=O) groups is 1. The summed E-state index contributed by atoms with van der Waals surface area (Å²) in [6.45, 7) is 5.73. The predicted octanol–water partition coefficient (Wildman–Crippen LogP) is 3.04. The molecule has 8 nitrogen and oxygen atoms in total. The summed E-state index contributed by atoms with van der Waals surface area (Å²) in [4.78, 5) is 20.0. The highest BCUT2D eigenvalue weighted by molar-refractivity contribution is 7.92. The first-order valence-corrected chi connectivity index (χ1v) is 12.2. The molecule has 0 bridgehead atoms. The minimum atomic E-state index is -3.77. The van der Waals surface area contributed by atoms with Gasteiger partial charge in [0.25, 0.3) is 15.9 Å². The lowest BCUT2D eigenvalue weighted by molar-refractivity contribution is 0.0305. The Balaban J connectivity index is 1.66. The van der Waals surface area contributed by atoms with E-state index in [2.05, 4.69) is 9.71 Å². The molecular weight excluding hydrogens is 436 g/mol. The van der Waals surface area contributed by atoms with E-state index in [0.29, 0.717) is 59.0 Å². The molecule has 31 heavy (non-hydrogen) atoms. The molecular formula is C21H24N4O4S2. The van der Waals surface area contributed by atoms with Gasteiger partial charge in [0.05, 0.1) is 24.6 Å². The van der Waals surface area contributed by atoms with Crippen molar-refractivity contribution in [3.63, 3.8) is 0 Å². The Bertz CT molecular complexity index is 1210. The first-order chi connectivity index (χ1) is 14.8. The first-order valence-electron chi connectivity index (χ1n) is 9.87. The molecule has 1 aliphatic rings. The van der Waals surface area contributed by atoms with Gasteiger partial charge < -0.3 is 14.2 Å². The van der Waals surface area contributed by atoms with Crippen molar-refractivity contribution in [1.82, 2.24) is 14.5 Å². The van der Waals surface area contributed by atoms with Gasteiger partial charge in [-0.25, -0.2) is 13.4 Å². The largest absolute Gasteiger partial charge is 0.378 e. The molecule has 1 saturated heterocycles. The van der Waals surface area contributed by atoms with Crippen molar-refractivity contribution < 1.29 is 17.9 Å². The van der Waals surface area contributed by atoms with Crippen LogP contribution < -0.4 is 4.72 Å². The van der Waals surface area contributed by atoms with E-state index in [1.165, 1.54) is 11.3 Å². The minimum Gasteiger partial charge on any atom is -0.378 e. The summed E-state index contributed by atoms with van der Waals surface area (Å²) < 4.78 is 35.7. The van der Waals surface area contributed by atoms with Crippen LogP contribution in [0.2, 0.25) is 0 Å². The number of nitrogens with one attached hydrogen (secondary N) is 1. The number of aryl methyl sites for hydroxylation is 1. The minimum absolute atomic E-state index is 0.0610. The summed E-state index contributed by atoms with van der Waals surface area (Å²) in [5.41, 5.74) is 2.38. The SMILES string of the molecule is Cc1nc(-c2cc(S(=O)(=O)Nc3ccccc3)c(C)n2C)sc1C(=O)N1CCOCC1. The van der Waals surface area contributed by atoms with Gasteiger partial charge in [-0.1, -0.05) is 18.2 Å². The highest BCUT2D eigenvalue weighted by Gasteiger charge is 2.27. The topological polar surface area (TPSA) is 93.5 Å². The standard InChI is InChI=1S/C21H24N4O4S2/c1-14-19(21(26)25-9-11-29-12-10-25)30-20(22-14)17-13-18(15(2)24(17)3)31(27,28)23-16-7-5-4-6-8-16/h4-8,13,23H,9-12H2,1-3H3. The summed E-state index contributed by atoms with van der Waals surface area (Å²) in [5.74, 6) is -0.0610. The molecule has 0 aliphatic carbocycles. The molecule has 1 N–H and O–H groups in total. The average Bonchev–Trinajstić information content (AvgIpc) is 3.29. The van der Waals surface area contributed by atoms with Gasteiger partial charge in [0, 0.05) is 31.5 Å². The van der Waals surface area contributed by atoms with Crippen LogP contribution >= 0.6 is 11.3 Å². The van der Waals surface area contributed by atoms with Crippen LogP contribution in [0.3, 0.4) is 0 Å². The van der Waals surface area contributed by atoms with Crippen molar-refractivity contribution >= 4 is 33.0 Å². The Morgan fingerprint density at radius 2 is 1.84 bits per heavy atom. The number of sulfonamides is 1. The molecule has 1 amide bonds. The third-order valence-corrected chi connectivity index (χ3v) is 7.98. The van der Waals surface area contributed by atoms with Crippen molar-refractivity contribution in [3.05, 3.63) is 52.7 Å². The summed E-state index contributed by atoms with van der Waals surface area (Å²) in [5, 5.41) is 0.612. The lowest BCUT2D eigenvalue weighted by atomic mass is 10.3. The molecule has 0 saturated carbocycles. The van der Waals surface area contributed by atoms with E-state index in [0.717, 1.165) is 0 Å². The monoisotopic (exact) mass is 460 g/mol. The maximum Gasteiger partial charge on any atom is 0.266 e. The van der Waals surface area contributed by atoms with Gasteiger partial charge in [-0.2, -0.15) is 0 Å². The molecule has 4 rings (SSSR count). The normalized spacial score (nSPS) is 14.6. The van der Waals surface area contributed by atoms with Gasteiger partial charge in [-0.3, -0.25) is 9.52 Å². The molecule has 2 aromatic heterocycles. The van der Waals surface area contributed by atoms with E-state index < -0.39 is 10.0 Å². The molecule has 0 unspecified atom stereocenters. The number of rotatable bonds is 5. The zero-order valence-corrected chi connectivity index (χ0v) is 19.2. The second kappa shape index (κ2) is 8.45. The van der Waals surface area contributed by atoms with Gasteiger partial charge in [0.1, 0.15) is 14.8 Å². The van der Waals surface area contributed by atoms with Gasteiger partial charge in [0.15, 0.2) is 0 Å². The highest BCUT2D eigenvalue weighted by Crippen LogP contribution is 2.33. The molecule has 10 heteroatoms. The number of hydrogen-bond donors (Lipinski definition) is 1. The Morgan fingerprint density at radius 3 is 2.52 bits per heavy atom. The molecule has 1 aliphatic heterocycles. The van der Waals surface area contributed by atoms with Crippen molar-refractivity contribution in [3.8, 4) is 10.7 Å². The maximum absolute atomic E-state index is 13.0. The third-order valence-electron chi connectivity index (χ3n) is 5.31. The van der Waals surface area contributed by atoms with E-state index in [4.69, 9.17) is 4.74 Å². The summed E-state index contributed by atoms with van der Waals surface area (Å²) in [7, 11) is -1.98. The van der Waals surface area contributed by atoms with Crippen molar-refractivity contribution in [2.75, 3.05) is 31.0 Å². The molecule has 0 spiro atoms. The predicted molar refractivity (Wildman–Crippen MR) is 120 cm³/mol. The summed E-state index contributed by atoms with van der Waals surface area (Å²) in [6, 6.07) is 10.4. The molecule has 0 atom stereocenters. The number of carbonyl (C=O) groups excluding carboxylic acids is 1.